The maximum Gasteiger partial charge on any atom is 0.490 e. The first-order valence-corrected chi connectivity index (χ1v) is 10.0. The van der Waals surface area contributed by atoms with Crippen molar-refractivity contribution in [3.05, 3.63) is 0 Å². The van der Waals surface area contributed by atoms with Crippen LogP contribution in [-0.4, -0.2) is 91.6 Å². The molecule has 7 nitrogen and oxygen atoms in total. The highest BCUT2D eigenvalue weighted by Crippen LogP contribution is 2.38. The lowest BCUT2D eigenvalue weighted by Gasteiger charge is -2.58. The Morgan fingerprint density at radius 3 is 2.21 bits per heavy atom. The van der Waals surface area contributed by atoms with Crippen LogP contribution in [0.25, 0.3) is 0 Å². The molecule has 1 saturated carbocycles. The monoisotopic (exact) mass is 424 g/mol. The first kappa shape index (κ1) is 23.9. The smallest absolute Gasteiger partial charge is 0.475 e. The van der Waals surface area contributed by atoms with Crippen LogP contribution in [0.1, 0.15) is 32.6 Å². The number of likely N-dealkylation sites (tertiary alicyclic amines) is 2. The lowest BCUT2D eigenvalue weighted by molar-refractivity contribution is -0.192. The molecule has 0 radical (unpaired) electrons. The fourth-order valence-corrected chi connectivity index (χ4v) is 3.73. The summed E-state index contributed by atoms with van der Waals surface area (Å²) in [6, 6.07) is 0. The molecule has 2 aliphatic heterocycles. The second-order valence-corrected chi connectivity index (χ2v) is 8.18. The van der Waals surface area contributed by atoms with Crippen LogP contribution in [-0.2, 0) is 19.1 Å². The number of alkyl halides is 3. The van der Waals surface area contributed by atoms with Crippen LogP contribution in [0.5, 0.6) is 0 Å². The fraction of sp³-hybridized carbons (Fsp3) is 0.895. The minimum Gasteiger partial charge on any atom is -0.475 e. The number of rotatable bonds is 7. The van der Waals surface area contributed by atoms with Gasteiger partial charge in [-0.15, -0.1) is 0 Å². The third-order valence-corrected chi connectivity index (χ3v) is 5.75. The summed E-state index contributed by atoms with van der Waals surface area (Å²) in [5.74, 6) is -1.13. The molecule has 2 heterocycles. The highest BCUT2D eigenvalue weighted by atomic mass is 19.4. The zero-order valence-corrected chi connectivity index (χ0v) is 17.0. The number of carboxylic acids is 1. The Hall–Kier alpha value is -1.39. The number of carbonyl (C=O) groups is 2. The van der Waals surface area contributed by atoms with E-state index >= 15 is 0 Å². The van der Waals surface area contributed by atoms with Crippen molar-refractivity contribution >= 4 is 11.9 Å². The number of aliphatic carboxylic acids is 1. The van der Waals surface area contributed by atoms with Crippen molar-refractivity contribution in [3.63, 3.8) is 0 Å². The molecule has 10 heteroatoms. The Kier molecular flexibility index (Phi) is 8.30. The van der Waals surface area contributed by atoms with Gasteiger partial charge in [-0.1, -0.05) is 0 Å². The normalized spacial score (nSPS) is 23.9. The zero-order chi connectivity index (χ0) is 21.7. The molecule has 3 aliphatic rings. The maximum absolute atomic E-state index is 12.0. The van der Waals surface area contributed by atoms with E-state index < -0.39 is 12.1 Å². The van der Waals surface area contributed by atoms with E-state index in [0.717, 1.165) is 45.2 Å². The van der Waals surface area contributed by atoms with Gasteiger partial charge in [0.15, 0.2) is 0 Å². The SMILES string of the molecule is CCOCC(=O)N1CC2(CC(COCC3CC3)CCN2C)C1.O=C(O)C(F)(F)F. The van der Waals surface area contributed by atoms with Gasteiger partial charge in [0.2, 0.25) is 5.91 Å². The van der Waals surface area contributed by atoms with Crippen LogP contribution in [0.3, 0.4) is 0 Å². The third kappa shape index (κ3) is 7.11. The van der Waals surface area contributed by atoms with E-state index in [9.17, 15) is 18.0 Å². The number of carboxylic acid groups (broad SMARTS) is 1. The van der Waals surface area contributed by atoms with E-state index in [1.807, 2.05) is 11.8 Å². The van der Waals surface area contributed by atoms with Crippen molar-refractivity contribution in [1.29, 1.82) is 0 Å². The van der Waals surface area contributed by atoms with E-state index in [1.165, 1.54) is 19.3 Å². The number of hydrogen-bond donors (Lipinski definition) is 1. The molecular weight excluding hydrogens is 393 g/mol. The molecule has 168 valence electrons. The highest BCUT2D eigenvalue weighted by molar-refractivity contribution is 5.78. The molecule has 29 heavy (non-hydrogen) atoms. The van der Waals surface area contributed by atoms with Gasteiger partial charge in [0.25, 0.3) is 0 Å². The van der Waals surface area contributed by atoms with Gasteiger partial charge in [0, 0.05) is 32.9 Å². The zero-order valence-electron chi connectivity index (χ0n) is 17.0. The second kappa shape index (κ2) is 10.1. The molecule has 1 amide bonds. The number of likely N-dealkylation sites (N-methyl/N-ethyl adjacent to an activating group) is 1. The molecule has 0 bridgehead atoms. The fourth-order valence-electron chi connectivity index (χ4n) is 3.73. The van der Waals surface area contributed by atoms with Gasteiger partial charge in [0.05, 0.1) is 5.54 Å². The molecule has 1 unspecified atom stereocenters. The summed E-state index contributed by atoms with van der Waals surface area (Å²) in [5, 5.41) is 7.12. The van der Waals surface area contributed by atoms with Gasteiger partial charge in [-0.25, -0.2) is 4.79 Å². The van der Waals surface area contributed by atoms with Crippen LogP contribution in [0, 0.1) is 11.8 Å². The van der Waals surface area contributed by atoms with Crippen molar-refractivity contribution in [2.45, 2.75) is 44.3 Å². The number of piperidine rings is 1. The number of ether oxygens (including phenoxy) is 2. The van der Waals surface area contributed by atoms with E-state index in [-0.39, 0.29) is 18.1 Å². The minimum atomic E-state index is -5.08. The summed E-state index contributed by atoms with van der Waals surface area (Å²) in [7, 11) is 2.20. The topological polar surface area (TPSA) is 79.3 Å². The Labute approximate surface area is 169 Å². The van der Waals surface area contributed by atoms with Crippen molar-refractivity contribution in [3.8, 4) is 0 Å². The summed E-state index contributed by atoms with van der Waals surface area (Å²) < 4.78 is 42.9. The van der Waals surface area contributed by atoms with E-state index in [2.05, 4.69) is 11.9 Å². The van der Waals surface area contributed by atoms with Crippen LogP contribution in [0.15, 0.2) is 0 Å². The van der Waals surface area contributed by atoms with Crippen molar-refractivity contribution in [1.82, 2.24) is 9.80 Å². The average Bonchev–Trinajstić information content (AvgIpc) is 3.43. The molecule has 2 saturated heterocycles. The van der Waals surface area contributed by atoms with Crippen LogP contribution < -0.4 is 0 Å². The summed E-state index contributed by atoms with van der Waals surface area (Å²) in [6.07, 6.45) is 0.00484. The summed E-state index contributed by atoms with van der Waals surface area (Å²) in [5.41, 5.74) is 0.188. The van der Waals surface area contributed by atoms with Gasteiger partial charge in [-0.3, -0.25) is 9.69 Å². The molecule has 0 aromatic heterocycles. The number of carbonyl (C=O) groups excluding carboxylic acids is 1. The third-order valence-electron chi connectivity index (χ3n) is 5.75. The van der Waals surface area contributed by atoms with Gasteiger partial charge < -0.3 is 19.5 Å². The predicted octanol–water partition coefficient (Wildman–Crippen LogP) is 2.01. The van der Waals surface area contributed by atoms with Crippen LogP contribution in [0.2, 0.25) is 0 Å². The molecule has 1 N–H and O–H groups in total. The lowest BCUT2D eigenvalue weighted by atomic mass is 9.75. The van der Waals surface area contributed by atoms with Crippen molar-refractivity contribution in [2.24, 2.45) is 11.8 Å². The largest absolute Gasteiger partial charge is 0.490 e. The molecule has 1 spiro atoms. The minimum absolute atomic E-state index is 0.132. The van der Waals surface area contributed by atoms with Crippen molar-refractivity contribution in [2.75, 3.05) is 53.1 Å². The van der Waals surface area contributed by atoms with Gasteiger partial charge in [-0.2, -0.15) is 13.2 Å². The highest BCUT2D eigenvalue weighted by Gasteiger charge is 2.50. The van der Waals surface area contributed by atoms with E-state index in [0.29, 0.717) is 12.5 Å². The Morgan fingerprint density at radius 2 is 1.69 bits per heavy atom. The van der Waals surface area contributed by atoms with Crippen molar-refractivity contribution < 1.29 is 37.3 Å². The molecule has 3 fully saturated rings. The Morgan fingerprint density at radius 1 is 1.10 bits per heavy atom. The Balaban J connectivity index is 0.000000370. The second-order valence-electron chi connectivity index (χ2n) is 8.18. The van der Waals surface area contributed by atoms with Crippen LogP contribution >= 0.6 is 0 Å². The Bertz CT molecular complexity index is 563. The maximum atomic E-state index is 12.0. The molecule has 1 aliphatic carbocycles. The predicted molar refractivity (Wildman–Crippen MR) is 98.4 cm³/mol. The molecule has 0 aromatic rings. The lowest BCUT2D eigenvalue weighted by Crippen LogP contribution is -2.73. The summed E-state index contributed by atoms with van der Waals surface area (Å²) >= 11 is 0. The van der Waals surface area contributed by atoms with Gasteiger partial charge >= 0.3 is 12.1 Å². The average molecular weight is 424 g/mol. The number of nitrogens with zero attached hydrogens (tertiary/aromatic N) is 2. The first-order valence-electron chi connectivity index (χ1n) is 10.0. The summed E-state index contributed by atoms with van der Waals surface area (Å²) in [4.78, 5) is 25.3. The first-order chi connectivity index (χ1) is 13.6. The number of amides is 1. The molecule has 1 atom stereocenters. The van der Waals surface area contributed by atoms with Crippen LogP contribution in [0.4, 0.5) is 13.2 Å². The summed E-state index contributed by atoms with van der Waals surface area (Å²) in [6.45, 7) is 7.44. The molecular formula is C19H31F3N2O5. The molecule has 0 aromatic carbocycles. The number of hydrogen-bond acceptors (Lipinski definition) is 5. The molecule has 3 rings (SSSR count). The van der Waals surface area contributed by atoms with Gasteiger partial charge in [0.1, 0.15) is 6.61 Å². The quantitative estimate of drug-likeness (QED) is 0.674. The standard InChI is InChI=1S/C17H30N2O3.C2HF3O2/c1-3-21-11-16(20)19-12-17(13-19)8-15(6-7-18(17)2)10-22-9-14-4-5-14;3-2(4,5)1(6)7/h14-15H,3-13H2,1-2H3;(H,6,7). The van der Waals surface area contributed by atoms with Gasteiger partial charge in [-0.05, 0) is 58.0 Å². The number of halogens is 3. The van der Waals surface area contributed by atoms with E-state index in [1.54, 1.807) is 0 Å². The van der Waals surface area contributed by atoms with E-state index in [4.69, 9.17) is 19.4 Å².